The van der Waals surface area contributed by atoms with Gasteiger partial charge in [-0.15, -0.1) is 0 Å². The molecule has 0 aromatic heterocycles. The minimum Gasteiger partial charge on any atom is -0.493 e. The number of halogens is 1. The number of aryl methyl sites for hydroxylation is 1. The van der Waals surface area contributed by atoms with Crippen LogP contribution in [-0.2, 0) is 13.2 Å². The monoisotopic (exact) mass is 395 g/mol. The van der Waals surface area contributed by atoms with Crippen LogP contribution in [-0.4, -0.2) is 12.1 Å². The van der Waals surface area contributed by atoms with Crippen molar-refractivity contribution in [2.75, 3.05) is 7.11 Å². The number of ether oxygens (including phenoxy) is 2. The molecule has 144 valence electrons. The molecular weight excluding hydrogens is 373 g/mol. The summed E-state index contributed by atoms with van der Waals surface area (Å²) in [5.74, 6) is 0.938. The first-order valence-corrected chi connectivity index (χ1v) is 9.35. The molecule has 0 bridgehead atoms. The summed E-state index contributed by atoms with van der Waals surface area (Å²) in [7, 11) is 1.59. The Kier molecular flexibility index (Phi) is 6.61. The molecule has 0 aliphatic heterocycles. The van der Waals surface area contributed by atoms with E-state index >= 15 is 0 Å². The number of rotatable bonds is 7. The Hall–Kier alpha value is -2.92. The lowest BCUT2D eigenvalue weighted by molar-refractivity contribution is 0.284. The van der Waals surface area contributed by atoms with Gasteiger partial charge in [-0.1, -0.05) is 54.2 Å². The third kappa shape index (κ3) is 5.30. The van der Waals surface area contributed by atoms with Crippen LogP contribution in [0, 0.1) is 12.7 Å². The number of methoxy groups -OCH3 is 1. The Bertz CT molecular complexity index is 940. The van der Waals surface area contributed by atoms with Crippen LogP contribution in [0.1, 0.15) is 22.3 Å². The van der Waals surface area contributed by atoms with Crippen LogP contribution in [0.2, 0.25) is 0 Å². The predicted octanol–water partition coefficient (Wildman–Crippen LogP) is 5.19. The molecule has 0 saturated heterocycles. The zero-order valence-corrected chi connectivity index (χ0v) is 16.7. The maximum absolute atomic E-state index is 13.0. The topological polar surface area (TPSA) is 30.5 Å². The maximum Gasteiger partial charge on any atom is 0.161 e. The Morgan fingerprint density at radius 1 is 0.929 bits per heavy atom. The van der Waals surface area contributed by atoms with Gasteiger partial charge >= 0.3 is 0 Å². The molecule has 3 aromatic carbocycles. The van der Waals surface area contributed by atoms with Crippen LogP contribution in [0.4, 0.5) is 4.39 Å². The van der Waals surface area contributed by atoms with Crippen LogP contribution in [0.3, 0.4) is 0 Å². The van der Waals surface area contributed by atoms with E-state index < -0.39 is 0 Å². The van der Waals surface area contributed by atoms with Crippen molar-refractivity contribution in [3.63, 3.8) is 0 Å². The van der Waals surface area contributed by atoms with Gasteiger partial charge in [0.05, 0.1) is 7.11 Å². The highest BCUT2D eigenvalue weighted by atomic mass is 32.1. The summed E-state index contributed by atoms with van der Waals surface area (Å²) in [5.41, 5.74) is 4.13. The van der Waals surface area contributed by atoms with Crippen LogP contribution in [0.15, 0.2) is 66.7 Å². The lowest BCUT2D eigenvalue weighted by Gasteiger charge is -2.14. The number of hydrogen-bond donors (Lipinski definition) is 1. The molecule has 0 spiro atoms. The summed E-state index contributed by atoms with van der Waals surface area (Å²) in [6.45, 7) is 3.05. The van der Waals surface area contributed by atoms with Gasteiger partial charge < -0.3 is 14.8 Å². The third-order valence-electron chi connectivity index (χ3n) is 4.31. The second kappa shape index (κ2) is 9.33. The summed E-state index contributed by atoms with van der Waals surface area (Å²) < 4.78 is 24.3. The summed E-state index contributed by atoms with van der Waals surface area (Å²) in [6.07, 6.45) is 0. The molecule has 3 aromatic rings. The Labute approximate surface area is 170 Å². The first kappa shape index (κ1) is 19.8. The first-order chi connectivity index (χ1) is 13.5. The highest BCUT2D eigenvalue weighted by molar-refractivity contribution is 7.80. The number of nitrogens with one attached hydrogen (secondary N) is 1. The normalized spacial score (nSPS) is 10.4. The average molecular weight is 395 g/mol. The minimum atomic E-state index is -0.266. The molecule has 5 heteroatoms. The molecule has 3 rings (SSSR count). The molecule has 1 N–H and O–H groups in total. The highest BCUT2D eigenvalue weighted by Gasteiger charge is 2.09. The van der Waals surface area contributed by atoms with Crippen molar-refractivity contribution < 1.29 is 13.9 Å². The van der Waals surface area contributed by atoms with Crippen LogP contribution in [0.25, 0.3) is 0 Å². The van der Waals surface area contributed by atoms with E-state index in [-0.39, 0.29) is 5.82 Å². The van der Waals surface area contributed by atoms with Crippen molar-refractivity contribution in [2.24, 2.45) is 0 Å². The molecule has 0 saturated carbocycles. The Morgan fingerprint density at radius 3 is 2.29 bits per heavy atom. The molecule has 0 aliphatic carbocycles. The van der Waals surface area contributed by atoms with Gasteiger partial charge in [0.1, 0.15) is 17.4 Å². The van der Waals surface area contributed by atoms with Crippen LogP contribution < -0.4 is 14.8 Å². The molecule has 28 heavy (non-hydrogen) atoms. The summed E-state index contributed by atoms with van der Waals surface area (Å²) >= 11 is 5.51. The highest BCUT2D eigenvalue weighted by Crippen LogP contribution is 2.29. The third-order valence-corrected chi connectivity index (χ3v) is 4.69. The van der Waals surface area contributed by atoms with Crippen LogP contribution in [0.5, 0.6) is 11.5 Å². The maximum atomic E-state index is 13.0. The molecule has 0 atom stereocenters. The number of benzene rings is 3. The Balaban J connectivity index is 1.63. The van der Waals surface area contributed by atoms with Crippen LogP contribution >= 0.6 is 12.2 Å². The fourth-order valence-electron chi connectivity index (χ4n) is 2.66. The number of thiocarbonyl (C=S) groups is 1. The summed E-state index contributed by atoms with van der Waals surface area (Å²) in [4.78, 5) is 0.643. The molecule has 0 fully saturated rings. The number of hydrogen-bond acceptors (Lipinski definition) is 3. The van der Waals surface area contributed by atoms with Gasteiger partial charge in [0.15, 0.2) is 11.5 Å². The SMILES string of the molecule is COc1cc(C(=S)NCc2ccc(C)cc2)ccc1OCc1ccc(F)cc1. The van der Waals surface area contributed by atoms with Crippen molar-refractivity contribution in [3.8, 4) is 11.5 Å². The summed E-state index contributed by atoms with van der Waals surface area (Å²) in [6, 6.07) is 20.1. The predicted molar refractivity (Wildman–Crippen MR) is 113 cm³/mol. The summed E-state index contributed by atoms with van der Waals surface area (Å²) in [5, 5.41) is 3.27. The zero-order valence-electron chi connectivity index (χ0n) is 15.9. The second-order valence-electron chi connectivity index (χ2n) is 6.45. The van der Waals surface area contributed by atoms with Gasteiger partial charge in [0.25, 0.3) is 0 Å². The molecule has 0 radical (unpaired) electrons. The molecule has 0 aliphatic rings. The van der Waals surface area contributed by atoms with E-state index in [0.717, 1.165) is 11.1 Å². The van der Waals surface area contributed by atoms with E-state index in [2.05, 4.69) is 36.5 Å². The van der Waals surface area contributed by atoms with Gasteiger partial charge in [0, 0.05) is 12.1 Å². The fourth-order valence-corrected chi connectivity index (χ4v) is 2.86. The van der Waals surface area contributed by atoms with E-state index in [4.69, 9.17) is 21.7 Å². The van der Waals surface area contributed by atoms with Crippen molar-refractivity contribution in [1.82, 2.24) is 5.32 Å². The van der Waals surface area contributed by atoms with Crippen molar-refractivity contribution in [3.05, 3.63) is 94.8 Å². The van der Waals surface area contributed by atoms with Gasteiger partial charge in [-0.3, -0.25) is 0 Å². The minimum absolute atomic E-state index is 0.266. The van der Waals surface area contributed by atoms with Gasteiger partial charge in [-0.05, 0) is 48.4 Å². The molecule has 3 nitrogen and oxygen atoms in total. The molecule has 0 amide bonds. The lowest BCUT2D eigenvalue weighted by atomic mass is 10.1. The molecular formula is C23H22FNO2S. The zero-order chi connectivity index (χ0) is 19.9. The van der Waals surface area contributed by atoms with E-state index in [9.17, 15) is 4.39 Å². The quantitative estimate of drug-likeness (QED) is 0.558. The van der Waals surface area contributed by atoms with E-state index in [1.165, 1.54) is 23.3 Å². The largest absolute Gasteiger partial charge is 0.493 e. The lowest BCUT2D eigenvalue weighted by Crippen LogP contribution is -2.21. The molecule has 0 unspecified atom stereocenters. The average Bonchev–Trinajstić information content (AvgIpc) is 2.72. The van der Waals surface area contributed by atoms with Gasteiger partial charge in [-0.2, -0.15) is 0 Å². The smallest absolute Gasteiger partial charge is 0.161 e. The second-order valence-corrected chi connectivity index (χ2v) is 6.86. The standard InChI is InChI=1S/C23H22FNO2S/c1-16-3-5-17(6-4-16)14-25-23(28)19-9-12-21(22(13-19)26-2)27-15-18-7-10-20(24)11-8-18/h3-13H,14-15H2,1-2H3,(H,25,28). The van der Waals surface area contributed by atoms with Gasteiger partial charge in [-0.25, -0.2) is 4.39 Å². The van der Waals surface area contributed by atoms with E-state index in [1.807, 2.05) is 18.2 Å². The molecule has 0 heterocycles. The van der Waals surface area contributed by atoms with Crippen molar-refractivity contribution >= 4 is 17.2 Å². The first-order valence-electron chi connectivity index (χ1n) is 8.94. The Morgan fingerprint density at radius 2 is 1.61 bits per heavy atom. The van der Waals surface area contributed by atoms with Gasteiger partial charge in [0.2, 0.25) is 0 Å². The van der Waals surface area contributed by atoms with Crippen molar-refractivity contribution in [2.45, 2.75) is 20.1 Å². The van der Waals surface area contributed by atoms with Crippen molar-refractivity contribution in [1.29, 1.82) is 0 Å². The van der Waals surface area contributed by atoms with E-state index in [1.54, 1.807) is 19.2 Å². The van der Waals surface area contributed by atoms with E-state index in [0.29, 0.717) is 29.6 Å². The fraction of sp³-hybridized carbons (Fsp3) is 0.174.